The molecule has 2 rings (SSSR count). The van der Waals surface area contributed by atoms with E-state index in [9.17, 15) is 8.42 Å². The largest absolute Gasteiger partial charge is 0.361 e. The number of rotatable bonds is 2. The molecular weight excluding hydrogens is 240 g/mol. The standard InChI is InChI=1S/C10H12N4O2S/c1-10(2-5-17(15,16)7-10)14-9-8(6-11)12-3-4-13-9/h3-4H,2,5,7H2,1H3,(H,13,14). The van der Waals surface area contributed by atoms with E-state index in [0.29, 0.717) is 12.2 Å². The minimum absolute atomic E-state index is 0.0570. The zero-order valence-corrected chi connectivity index (χ0v) is 10.2. The van der Waals surface area contributed by atoms with Gasteiger partial charge in [0.2, 0.25) is 0 Å². The number of hydrogen-bond acceptors (Lipinski definition) is 6. The molecule has 1 atom stereocenters. The fourth-order valence-corrected chi connectivity index (χ4v) is 4.00. The van der Waals surface area contributed by atoms with Gasteiger partial charge in [0.25, 0.3) is 0 Å². The lowest BCUT2D eigenvalue weighted by Gasteiger charge is -2.24. The number of hydrogen-bond donors (Lipinski definition) is 1. The molecule has 1 unspecified atom stereocenters. The molecule has 6 nitrogen and oxygen atoms in total. The van der Waals surface area contributed by atoms with Gasteiger partial charge in [0, 0.05) is 12.4 Å². The fraction of sp³-hybridized carbons (Fsp3) is 0.500. The summed E-state index contributed by atoms with van der Waals surface area (Å²) in [4.78, 5) is 7.89. The van der Waals surface area contributed by atoms with Crippen molar-refractivity contribution in [2.45, 2.75) is 18.9 Å². The van der Waals surface area contributed by atoms with Crippen molar-refractivity contribution >= 4 is 15.7 Å². The maximum absolute atomic E-state index is 11.4. The van der Waals surface area contributed by atoms with Crippen LogP contribution in [0.5, 0.6) is 0 Å². The Morgan fingerprint density at radius 3 is 2.76 bits per heavy atom. The zero-order chi connectivity index (χ0) is 12.5. The molecule has 7 heteroatoms. The van der Waals surface area contributed by atoms with Crippen molar-refractivity contribution in [2.24, 2.45) is 0 Å². The van der Waals surface area contributed by atoms with Crippen molar-refractivity contribution in [1.82, 2.24) is 9.97 Å². The highest BCUT2D eigenvalue weighted by atomic mass is 32.2. The normalized spacial score (nSPS) is 26.4. The van der Waals surface area contributed by atoms with Crippen molar-refractivity contribution in [3.63, 3.8) is 0 Å². The highest BCUT2D eigenvalue weighted by Gasteiger charge is 2.38. The summed E-state index contributed by atoms with van der Waals surface area (Å²) in [7, 11) is -2.99. The van der Waals surface area contributed by atoms with Gasteiger partial charge < -0.3 is 5.32 Å². The lowest BCUT2D eigenvalue weighted by atomic mass is 10.0. The van der Waals surface area contributed by atoms with Crippen LogP contribution in [0.25, 0.3) is 0 Å². The molecule has 1 aliphatic rings. The first-order chi connectivity index (χ1) is 7.94. The van der Waals surface area contributed by atoms with Crippen molar-refractivity contribution in [2.75, 3.05) is 16.8 Å². The first-order valence-electron chi connectivity index (χ1n) is 5.14. The number of anilines is 1. The molecule has 0 aliphatic carbocycles. The van der Waals surface area contributed by atoms with E-state index in [-0.39, 0.29) is 17.2 Å². The highest BCUT2D eigenvalue weighted by Crippen LogP contribution is 2.27. The maximum Gasteiger partial charge on any atom is 0.182 e. The third-order valence-electron chi connectivity index (χ3n) is 2.73. The fourth-order valence-electron chi connectivity index (χ4n) is 1.91. The number of sulfone groups is 1. The van der Waals surface area contributed by atoms with Crippen molar-refractivity contribution in [1.29, 1.82) is 5.26 Å². The molecule has 1 N–H and O–H groups in total. The summed E-state index contributed by atoms with van der Waals surface area (Å²) in [5.74, 6) is 0.565. The summed E-state index contributed by atoms with van der Waals surface area (Å²) in [5, 5.41) is 11.9. The van der Waals surface area contributed by atoms with Crippen LogP contribution < -0.4 is 5.32 Å². The second-order valence-electron chi connectivity index (χ2n) is 4.39. The Labute approximate surface area is 99.6 Å². The first kappa shape index (κ1) is 11.8. The molecule has 0 bridgehead atoms. The van der Waals surface area contributed by atoms with Gasteiger partial charge in [0.15, 0.2) is 21.3 Å². The molecule has 17 heavy (non-hydrogen) atoms. The average Bonchev–Trinajstić information content (AvgIpc) is 2.53. The molecule has 2 heterocycles. The van der Waals surface area contributed by atoms with Crippen LogP contribution in [0.1, 0.15) is 19.0 Å². The Morgan fingerprint density at radius 1 is 1.47 bits per heavy atom. The third-order valence-corrected chi connectivity index (χ3v) is 4.63. The molecule has 0 spiro atoms. The molecule has 1 saturated heterocycles. The van der Waals surface area contributed by atoms with Crippen LogP contribution in [0, 0.1) is 11.3 Å². The van der Waals surface area contributed by atoms with E-state index >= 15 is 0 Å². The van der Waals surface area contributed by atoms with Crippen LogP contribution >= 0.6 is 0 Å². The van der Waals surface area contributed by atoms with Gasteiger partial charge in [-0.15, -0.1) is 0 Å². The van der Waals surface area contributed by atoms with Gasteiger partial charge in [-0.1, -0.05) is 0 Å². The van der Waals surface area contributed by atoms with Crippen molar-refractivity contribution in [3.05, 3.63) is 18.1 Å². The molecule has 0 saturated carbocycles. The van der Waals surface area contributed by atoms with Gasteiger partial charge in [-0.2, -0.15) is 5.26 Å². The summed E-state index contributed by atoms with van der Waals surface area (Å²) < 4.78 is 22.9. The van der Waals surface area contributed by atoms with Crippen molar-refractivity contribution in [3.8, 4) is 6.07 Å². The van der Waals surface area contributed by atoms with Crippen LogP contribution in [0.2, 0.25) is 0 Å². The van der Waals surface area contributed by atoms with Crippen LogP contribution in [0.3, 0.4) is 0 Å². The summed E-state index contributed by atoms with van der Waals surface area (Å²) in [6, 6.07) is 1.92. The maximum atomic E-state index is 11.4. The van der Waals surface area contributed by atoms with E-state index in [1.165, 1.54) is 12.4 Å². The van der Waals surface area contributed by atoms with Crippen molar-refractivity contribution < 1.29 is 8.42 Å². The Balaban J connectivity index is 2.25. The third kappa shape index (κ3) is 2.53. The molecule has 0 aromatic carbocycles. The number of nitriles is 1. The summed E-state index contributed by atoms with van der Waals surface area (Å²) in [6.45, 7) is 1.81. The SMILES string of the molecule is CC1(Nc2nccnc2C#N)CCS(=O)(=O)C1. The smallest absolute Gasteiger partial charge is 0.182 e. The van der Waals surface area contributed by atoms with E-state index in [0.717, 1.165) is 0 Å². The zero-order valence-electron chi connectivity index (χ0n) is 9.34. The molecule has 1 aromatic heterocycles. The van der Waals surface area contributed by atoms with E-state index in [2.05, 4.69) is 15.3 Å². The molecule has 0 amide bonds. The van der Waals surface area contributed by atoms with Gasteiger partial charge >= 0.3 is 0 Å². The monoisotopic (exact) mass is 252 g/mol. The second kappa shape index (κ2) is 3.96. The van der Waals surface area contributed by atoms with E-state index in [1.807, 2.05) is 13.0 Å². The molecular formula is C10H12N4O2S. The van der Waals surface area contributed by atoms with E-state index in [1.54, 1.807) is 0 Å². The number of nitrogens with zero attached hydrogens (tertiary/aromatic N) is 3. The van der Waals surface area contributed by atoms with E-state index in [4.69, 9.17) is 5.26 Å². The quantitative estimate of drug-likeness (QED) is 0.815. The second-order valence-corrected chi connectivity index (χ2v) is 6.58. The van der Waals surface area contributed by atoms with Gasteiger partial charge in [0.1, 0.15) is 6.07 Å². The average molecular weight is 252 g/mol. The Morgan fingerprint density at radius 2 is 2.18 bits per heavy atom. The summed E-state index contributed by atoms with van der Waals surface area (Å²) >= 11 is 0. The molecule has 1 fully saturated rings. The van der Waals surface area contributed by atoms with E-state index < -0.39 is 15.4 Å². The lowest BCUT2D eigenvalue weighted by Crippen LogP contribution is -2.36. The van der Waals surface area contributed by atoms with Gasteiger partial charge in [-0.3, -0.25) is 0 Å². The number of nitrogens with one attached hydrogen (secondary N) is 1. The van der Waals surface area contributed by atoms with Crippen LogP contribution in [0.4, 0.5) is 5.82 Å². The first-order valence-corrected chi connectivity index (χ1v) is 6.96. The molecule has 1 aromatic rings. The minimum Gasteiger partial charge on any atom is -0.361 e. The summed E-state index contributed by atoms with van der Waals surface area (Å²) in [6.07, 6.45) is 3.41. The topological polar surface area (TPSA) is 95.7 Å². The van der Waals surface area contributed by atoms with Crippen LogP contribution in [0.15, 0.2) is 12.4 Å². The molecule has 0 radical (unpaired) electrons. The minimum atomic E-state index is -2.99. The predicted molar refractivity (Wildman–Crippen MR) is 62.0 cm³/mol. The van der Waals surface area contributed by atoms with Crippen LogP contribution in [-0.4, -0.2) is 35.4 Å². The Hall–Kier alpha value is -1.68. The van der Waals surface area contributed by atoms with Gasteiger partial charge in [-0.05, 0) is 13.3 Å². The predicted octanol–water partition coefficient (Wildman–Crippen LogP) is 0.337. The number of aromatic nitrogens is 2. The van der Waals surface area contributed by atoms with Gasteiger partial charge in [-0.25, -0.2) is 18.4 Å². The van der Waals surface area contributed by atoms with Gasteiger partial charge in [0.05, 0.1) is 17.0 Å². The lowest BCUT2D eigenvalue weighted by molar-refractivity contribution is 0.571. The highest BCUT2D eigenvalue weighted by molar-refractivity contribution is 7.91. The molecule has 1 aliphatic heterocycles. The summed E-state index contributed by atoms with van der Waals surface area (Å²) in [5.41, 5.74) is -0.390. The molecule has 90 valence electrons. The Bertz CT molecular complexity index is 578. The van der Waals surface area contributed by atoms with Crippen LogP contribution in [-0.2, 0) is 9.84 Å². The Kier molecular flexibility index (Phi) is 2.75.